The third kappa shape index (κ3) is 3.56. The number of imide groups is 1. The van der Waals surface area contributed by atoms with Crippen molar-refractivity contribution >= 4 is 35.6 Å². The van der Waals surface area contributed by atoms with Crippen molar-refractivity contribution in [1.82, 2.24) is 10.2 Å². The Kier molecular flexibility index (Phi) is 4.58. The number of carbonyl (C=O) groups excluding carboxylic acids is 3. The summed E-state index contributed by atoms with van der Waals surface area (Å²) < 4.78 is 10.1. The molecule has 2 heterocycles. The lowest BCUT2D eigenvalue weighted by Crippen LogP contribution is -2.36. The van der Waals surface area contributed by atoms with Crippen LogP contribution in [0.15, 0.2) is 46.5 Å². The first-order valence-electron chi connectivity index (χ1n) is 7.25. The van der Waals surface area contributed by atoms with Gasteiger partial charge in [-0.1, -0.05) is 23.7 Å². The number of hydrogen-bond acceptors (Lipinski definition) is 5. The number of ether oxygens (including phenoxy) is 1. The van der Waals surface area contributed by atoms with Gasteiger partial charge in [0.05, 0.1) is 7.11 Å². The van der Waals surface area contributed by atoms with E-state index in [0.717, 1.165) is 10.5 Å². The van der Waals surface area contributed by atoms with Crippen molar-refractivity contribution in [2.45, 2.75) is 0 Å². The fourth-order valence-electron chi connectivity index (χ4n) is 2.28. The standard InChI is InChI=1S/C17H13ClN2O5/c1-24-15(21)9-20-16(22)13(19-17(20)23)8-12-5-6-14(25-12)10-3-2-4-11(18)7-10/h2-8H,9H2,1H3,(H,19,23). The zero-order chi connectivity index (χ0) is 18.0. The number of halogens is 1. The van der Waals surface area contributed by atoms with E-state index in [1.165, 1.54) is 13.2 Å². The Labute approximate surface area is 147 Å². The molecule has 0 radical (unpaired) electrons. The molecule has 1 N–H and O–H groups in total. The molecule has 25 heavy (non-hydrogen) atoms. The second kappa shape index (κ2) is 6.82. The third-order valence-electron chi connectivity index (χ3n) is 3.50. The average molecular weight is 361 g/mol. The van der Waals surface area contributed by atoms with Gasteiger partial charge < -0.3 is 14.5 Å². The lowest BCUT2D eigenvalue weighted by molar-refractivity contribution is -0.143. The quantitative estimate of drug-likeness (QED) is 0.514. The second-order valence-corrected chi connectivity index (χ2v) is 5.60. The van der Waals surface area contributed by atoms with E-state index in [1.807, 2.05) is 6.07 Å². The van der Waals surface area contributed by atoms with E-state index >= 15 is 0 Å². The monoisotopic (exact) mass is 360 g/mol. The molecule has 0 aliphatic carbocycles. The minimum Gasteiger partial charge on any atom is -0.468 e. The Morgan fingerprint density at radius 2 is 2.12 bits per heavy atom. The van der Waals surface area contributed by atoms with Gasteiger partial charge in [0, 0.05) is 16.7 Å². The van der Waals surface area contributed by atoms with Crippen LogP contribution in [0.3, 0.4) is 0 Å². The number of nitrogens with zero attached hydrogens (tertiary/aromatic N) is 1. The number of benzene rings is 1. The van der Waals surface area contributed by atoms with Crippen LogP contribution in [-0.4, -0.2) is 36.5 Å². The minimum absolute atomic E-state index is 0.0147. The van der Waals surface area contributed by atoms with Gasteiger partial charge in [0.25, 0.3) is 5.91 Å². The normalized spacial score (nSPS) is 15.6. The molecule has 0 saturated carbocycles. The molecule has 8 heteroatoms. The van der Waals surface area contributed by atoms with Crippen LogP contribution in [0, 0.1) is 0 Å². The van der Waals surface area contributed by atoms with Crippen LogP contribution in [0.5, 0.6) is 0 Å². The largest absolute Gasteiger partial charge is 0.468 e. The first kappa shape index (κ1) is 16.8. The van der Waals surface area contributed by atoms with Crippen molar-refractivity contribution in [2.75, 3.05) is 13.7 Å². The topological polar surface area (TPSA) is 88.8 Å². The van der Waals surface area contributed by atoms with Crippen LogP contribution in [0.1, 0.15) is 5.76 Å². The summed E-state index contributed by atoms with van der Waals surface area (Å²) in [5.41, 5.74) is 0.798. The van der Waals surface area contributed by atoms with Crippen molar-refractivity contribution in [3.05, 3.63) is 52.9 Å². The maximum Gasteiger partial charge on any atom is 0.329 e. The summed E-state index contributed by atoms with van der Waals surface area (Å²) in [7, 11) is 1.18. The van der Waals surface area contributed by atoms with Gasteiger partial charge in [-0.05, 0) is 24.3 Å². The predicted molar refractivity (Wildman–Crippen MR) is 89.4 cm³/mol. The number of urea groups is 1. The first-order chi connectivity index (χ1) is 12.0. The number of rotatable bonds is 4. The van der Waals surface area contributed by atoms with E-state index in [4.69, 9.17) is 16.0 Å². The summed E-state index contributed by atoms with van der Waals surface area (Å²) >= 11 is 5.95. The number of furan rings is 1. The van der Waals surface area contributed by atoms with Crippen molar-refractivity contribution in [1.29, 1.82) is 0 Å². The molecule has 1 aliphatic heterocycles. The van der Waals surface area contributed by atoms with Crippen LogP contribution >= 0.6 is 11.6 Å². The van der Waals surface area contributed by atoms with E-state index in [9.17, 15) is 14.4 Å². The van der Waals surface area contributed by atoms with Crippen molar-refractivity contribution in [3.63, 3.8) is 0 Å². The Hall–Kier alpha value is -3.06. The summed E-state index contributed by atoms with van der Waals surface area (Å²) in [6.45, 7) is -0.454. The SMILES string of the molecule is COC(=O)CN1C(=O)NC(=Cc2ccc(-c3cccc(Cl)c3)o2)C1=O. The molecule has 1 aromatic heterocycles. The first-order valence-corrected chi connectivity index (χ1v) is 7.63. The molecule has 0 atom stereocenters. The second-order valence-electron chi connectivity index (χ2n) is 5.17. The van der Waals surface area contributed by atoms with Gasteiger partial charge in [0.15, 0.2) is 0 Å². The molecule has 1 fully saturated rings. The van der Waals surface area contributed by atoms with Crippen LogP contribution in [0.4, 0.5) is 4.79 Å². The molecule has 1 aliphatic rings. The number of methoxy groups -OCH3 is 1. The molecular weight excluding hydrogens is 348 g/mol. The number of esters is 1. The fourth-order valence-corrected chi connectivity index (χ4v) is 2.47. The smallest absolute Gasteiger partial charge is 0.329 e. The van der Waals surface area contributed by atoms with Crippen LogP contribution in [0.2, 0.25) is 5.02 Å². The van der Waals surface area contributed by atoms with E-state index < -0.39 is 24.5 Å². The molecule has 0 bridgehead atoms. The maximum atomic E-state index is 12.2. The maximum absolute atomic E-state index is 12.2. The van der Waals surface area contributed by atoms with E-state index in [-0.39, 0.29) is 5.70 Å². The highest BCUT2D eigenvalue weighted by Gasteiger charge is 2.35. The molecular formula is C17H13ClN2O5. The van der Waals surface area contributed by atoms with Gasteiger partial charge in [0.2, 0.25) is 0 Å². The van der Waals surface area contributed by atoms with Gasteiger partial charge >= 0.3 is 12.0 Å². The minimum atomic E-state index is -0.691. The Bertz CT molecular complexity index is 887. The van der Waals surface area contributed by atoms with Crippen molar-refractivity contribution < 1.29 is 23.5 Å². The Morgan fingerprint density at radius 1 is 1.32 bits per heavy atom. The molecule has 128 valence electrons. The Morgan fingerprint density at radius 3 is 2.84 bits per heavy atom. The molecule has 1 saturated heterocycles. The Balaban J connectivity index is 1.81. The van der Waals surface area contributed by atoms with E-state index in [0.29, 0.717) is 16.5 Å². The summed E-state index contributed by atoms with van der Waals surface area (Å²) in [5.74, 6) is -0.377. The summed E-state index contributed by atoms with van der Waals surface area (Å²) in [4.78, 5) is 36.0. The molecule has 3 amide bonds. The van der Waals surface area contributed by atoms with E-state index in [1.54, 1.807) is 30.3 Å². The molecule has 0 unspecified atom stereocenters. The summed E-state index contributed by atoms with van der Waals surface area (Å²) in [6.07, 6.45) is 1.39. The molecule has 1 aromatic carbocycles. The summed E-state index contributed by atoms with van der Waals surface area (Å²) in [6, 6.07) is 9.82. The highest BCUT2D eigenvalue weighted by atomic mass is 35.5. The van der Waals surface area contributed by atoms with Gasteiger partial charge in [-0.3, -0.25) is 9.59 Å². The van der Waals surface area contributed by atoms with Gasteiger partial charge in [-0.2, -0.15) is 0 Å². The van der Waals surface area contributed by atoms with Gasteiger partial charge in [-0.15, -0.1) is 0 Å². The van der Waals surface area contributed by atoms with Crippen LogP contribution in [-0.2, 0) is 14.3 Å². The van der Waals surface area contributed by atoms with Crippen molar-refractivity contribution in [3.8, 4) is 11.3 Å². The zero-order valence-corrected chi connectivity index (χ0v) is 13.9. The lowest BCUT2D eigenvalue weighted by Gasteiger charge is -2.08. The molecule has 3 rings (SSSR count). The van der Waals surface area contributed by atoms with Gasteiger partial charge in [-0.25, -0.2) is 9.69 Å². The summed E-state index contributed by atoms with van der Waals surface area (Å²) in [5, 5.41) is 2.97. The highest BCUT2D eigenvalue weighted by Crippen LogP contribution is 2.26. The van der Waals surface area contributed by atoms with Crippen LogP contribution < -0.4 is 5.32 Å². The van der Waals surface area contributed by atoms with E-state index in [2.05, 4.69) is 10.1 Å². The lowest BCUT2D eigenvalue weighted by atomic mass is 10.2. The number of carbonyl (C=O) groups is 3. The average Bonchev–Trinajstić information content (AvgIpc) is 3.15. The zero-order valence-electron chi connectivity index (χ0n) is 13.1. The predicted octanol–water partition coefficient (Wildman–Crippen LogP) is 2.67. The highest BCUT2D eigenvalue weighted by molar-refractivity contribution is 6.30. The molecule has 2 aromatic rings. The number of amides is 3. The number of hydrogen-bond donors (Lipinski definition) is 1. The van der Waals surface area contributed by atoms with Crippen molar-refractivity contribution in [2.24, 2.45) is 0 Å². The van der Waals surface area contributed by atoms with Gasteiger partial charge in [0.1, 0.15) is 23.8 Å². The molecule has 7 nitrogen and oxygen atoms in total. The molecule has 0 spiro atoms. The number of nitrogens with one attached hydrogen (secondary N) is 1. The fraction of sp³-hybridized carbons (Fsp3) is 0.118. The van der Waals surface area contributed by atoms with Crippen LogP contribution in [0.25, 0.3) is 17.4 Å². The third-order valence-corrected chi connectivity index (χ3v) is 3.73.